The van der Waals surface area contributed by atoms with Crippen LogP contribution in [0.1, 0.15) is 22.5 Å². The van der Waals surface area contributed by atoms with E-state index < -0.39 is 0 Å². The van der Waals surface area contributed by atoms with Crippen molar-refractivity contribution in [3.8, 4) is 0 Å². The summed E-state index contributed by atoms with van der Waals surface area (Å²) < 4.78 is 5.11. The first kappa shape index (κ1) is 13.9. The molecule has 23 heavy (non-hydrogen) atoms. The first-order chi connectivity index (χ1) is 11.3. The van der Waals surface area contributed by atoms with Gasteiger partial charge in [0.2, 0.25) is 5.76 Å². The zero-order valence-electron chi connectivity index (χ0n) is 12.7. The van der Waals surface area contributed by atoms with Crippen LogP contribution in [-0.4, -0.2) is 33.9 Å². The molecule has 1 atom stereocenters. The molecule has 5 heteroatoms. The molecular formula is C18H17N3O2. The third-order valence-electron chi connectivity index (χ3n) is 4.48. The molecule has 0 spiro atoms. The number of hydrogen-bond acceptors (Lipinski definition) is 4. The molecule has 0 bridgehead atoms. The maximum absolute atomic E-state index is 12.3. The second-order valence-corrected chi connectivity index (χ2v) is 6.00. The van der Waals surface area contributed by atoms with Gasteiger partial charge in [-0.05, 0) is 29.7 Å². The molecule has 0 aliphatic carbocycles. The fourth-order valence-electron chi connectivity index (χ4n) is 3.31. The molecule has 1 saturated heterocycles. The van der Waals surface area contributed by atoms with Crippen molar-refractivity contribution in [3.05, 3.63) is 60.6 Å². The van der Waals surface area contributed by atoms with Crippen molar-refractivity contribution >= 4 is 16.7 Å². The summed E-state index contributed by atoms with van der Waals surface area (Å²) in [6.07, 6.45) is 8.56. The minimum Gasteiger partial charge on any atom is -0.438 e. The van der Waals surface area contributed by atoms with E-state index in [0.717, 1.165) is 31.3 Å². The number of amides is 1. The molecule has 0 saturated carbocycles. The number of fused-ring (bicyclic) bond motifs is 1. The number of hydrogen-bond donors (Lipinski definition) is 0. The highest BCUT2D eigenvalue weighted by molar-refractivity contribution is 5.91. The van der Waals surface area contributed by atoms with Crippen LogP contribution >= 0.6 is 0 Å². The smallest absolute Gasteiger partial charge is 0.291 e. The molecule has 3 aromatic rings. The third-order valence-corrected chi connectivity index (χ3v) is 4.48. The van der Waals surface area contributed by atoms with Crippen molar-refractivity contribution in [2.45, 2.75) is 12.8 Å². The first-order valence-electron chi connectivity index (χ1n) is 7.80. The summed E-state index contributed by atoms with van der Waals surface area (Å²) in [5.74, 6) is 0.702. The molecule has 0 radical (unpaired) electrons. The highest BCUT2D eigenvalue weighted by Gasteiger charge is 2.28. The van der Waals surface area contributed by atoms with Crippen molar-refractivity contribution in [2.24, 2.45) is 5.92 Å². The Morgan fingerprint density at radius 3 is 3.00 bits per heavy atom. The lowest BCUT2D eigenvalue weighted by Gasteiger charge is -2.15. The van der Waals surface area contributed by atoms with Crippen LogP contribution in [0.25, 0.3) is 10.8 Å². The largest absolute Gasteiger partial charge is 0.438 e. The Balaban J connectivity index is 1.49. The normalized spacial score (nSPS) is 17.7. The SMILES string of the molecule is O=C(c1cnco1)N1CCC(Cc2cncc3ccccc23)C1. The van der Waals surface area contributed by atoms with Crippen molar-refractivity contribution in [3.63, 3.8) is 0 Å². The number of aromatic nitrogens is 2. The maximum atomic E-state index is 12.3. The molecule has 1 aromatic carbocycles. The van der Waals surface area contributed by atoms with Crippen LogP contribution in [-0.2, 0) is 6.42 Å². The van der Waals surface area contributed by atoms with Gasteiger partial charge in [-0.2, -0.15) is 0 Å². The van der Waals surface area contributed by atoms with E-state index in [4.69, 9.17) is 4.42 Å². The number of nitrogens with zero attached hydrogens (tertiary/aromatic N) is 3. The lowest BCUT2D eigenvalue weighted by Crippen LogP contribution is -2.28. The maximum Gasteiger partial charge on any atom is 0.291 e. The Bertz CT molecular complexity index is 824. The molecule has 3 heterocycles. The summed E-state index contributed by atoms with van der Waals surface area (Å²) in [4.78, 5) is 22.3. The predicted octanol–water partition coefficient (Wildman–Crippen LogP) is 2.93. The number of benzene rings is 1. The zero-order chi connectivity index (χ0) is 15.6. The van der Waals surface area contributed by atoms with E-state index in [0.29, 0.717) is 11.7 Å². The number of carbonyl (C=O) groups is 1. The van der Waals surface area contributed by atoms with Gasteiger partial charge >= 0.3 is 0 Å². The molecule has 4 rings (SSSR count). The van der Waals surface area contributed by atoms with Crippen molar-refractivity contribution in [1.29, 1.82) is 0 Å². The summed E-state index contributed by atoms with van der Waals surface area (Å²) in [5, 5.41) is 2.42. The summed E-state index contributed by atoms with van der Waals surface area (Å²) in [6, 6.07) is 8.31. The van der Waals surface area contributed by atoms with Crippen LogP contribution in [0.4, 0.5) is 0 Å². The summed E-state index contributed by atoms with van der Waals surface area (Å²) in [7, 11) is 0. The minimum atomic E-state index is -0.0685. The van der Waals surface area contributed by atoms with E-state index in [9.17, 15) is 4.79 Å². The van der Waals surface area contributed by atoms with E-state index in [2.05, 4.69) is 28.2 Å². The van der Waals surface area contributed by atoms with Gasteiger partial charge in [-0.1, -0.05) is 24.3 Å². The van der Waals surface area contributed by atoms with E-state index in [1.165, 1.54) is 23.5 Å². The summed E-state index contributed by atoms with van der Waals surface area (Å²) in [5.41, 5.74) is 1.25. The number of likely N-dealkylation sites (tertiary alicyclic amines) is 1. The highest BCUT2D eigenvalue weighted by atomic mass is 16.3. The van der Waals surface area contributed by atoms with Gasteiger partial charge in [0.25, 0.3) is 5.91 Å². The van der Waals surface area contributed by atoms with Gasteiger partial charge in [-0.15, -0.1) is 0 Å². The number of carbonyl (C=O) groups excluding carboxylic acids is 1. The molecule has 1 aliphatic rings. The van der Waals surface area contributed by atoms with Crippen molar-refractivity contribution in [2.75, 3.05) is 13.1 Å². The average Bonchev–Trinajstić information content (AvgIpc) is 3.27. The quantitative estimate of drug-likeness (QED) is 0.746. The van der Waals surface area contributed by atoms with Crippen LogP contribution in [0, 0.1) is 5.92 Å². The van der Waals surface area contributed by atoms with E-state index in [-0.39, 0.29) is 5.91 Å². The lowest BCUT2D eigenvalue weighted by molar-refractivity contribution is 0.0755. The van der Waals surface area contributed by atoms with Gasteiger partial charge in [0.05, 0.1) is 6.20 Å². The van der Waals surface area contributed by atoms with Crippen LogP contribution in [0.3, 0.4) is 0 Å². The fourth-order valence-corrected chi connectivity index (χ4v) is 3.31. The van der Waals surface area contributed by atoms with Gasteiger partial charge in [0.15, 0.2) is 6.39 Å². The Hall–Kier alpha value is -2.69. The number of pyridine rings is 1. The van der Waals surface area contributed by atoms with Gasteiger partial charge in [-0.25, -0.2) is 4.98 Å². The lowest BCUT2D eigenvalue weighted by atomic mass is 9.96. The Labute approximate surface area is 134 Å². The van der Waals surface area contributed by atoms with Gasteiger partial charge in [0.1, 0.15) is 0 Å². The van der Waals surface area contributed by atoms with Crippen molar-refractivity contribution < 1.29 is 9.21 Å². The predicted molar refractivity (Wildman–Crippen MR) is 86.0 cm³/mol. The first-order valence-corrected chi connectivity index (χ1v) is 7.80. The second kappa shape index (κ2) is 5.83. The fraction of sp³-hybridized carbons (Fsp3) is 0.278. The molecule has 1 amide bonds. The van der Waals surface area contributed by atoms with Crippen molar-refractivity contribution in [1.82, 2.24) is 14.9 Å². The molecule has 1 fully saturated rings. The Kier molecular flexibility index (Phi) is 3.54. The van der Waals surface area contributed by atoms with Crippen LogP contribution in [0.5, 0.6) is 0 Å². The molecular weight excluding hydrogens is 290 g/mol. The van der Waals surface area contributed by atoms with E-state index >= 15 is 0 Å². The number of oxazole rings is 1. The van der Waals surface area contributed by atoms with Gasteiger partial charge in [0, 0.05) is 30.9 Å². The molecule has 0 N–H and O–H groups in total. The highest BCUT2D eigenvalue weighted by Crippen LogP contribution is 2.25. The van der Waals surface area contributed by atoms with Crippen LogP contribution in [0.2, 0.25) is 0 Å². The van der Waals surface area contributed by atoms with Crippen LogP contribution < -0.4 is 0 Å². The Morgan fingerprint density at radius 1 is 1.22 bits per heavy atom. The summed E-state index contributed by atoms with van der Waals surface area (Å²) in [6.45, 7) is 1.52. The molecule has 5 nitrogen and oxygen atoms in total. The molecule has 1 unspecified atom stereocenters. The molecule has 116 valence electrons. The van der Waals surface area contributed by atoms with E-state index in [1.807, 2.05) is 23.4 Å². The van der Waals surface area contributed by atoms with E-state index in [1.54, 1.807) is 0 Å². The third kappa shape index (κ3) is 2.70. The zero-order valence-corrected chi connectivity index (χ0v) is 12.7. The van der Waals surface area contributed by atoms with Crippen LogP contribution in [0.15, 0.2) is 53.7 Å². The molecule has 2 aromatic heterocycles. The second-order valence-electron chi connectivity index (χ2n) is 6.00. The monoisotopic (exact) mass is 307 g/mol. The van der Waals surface area contributed by atoms with Gasteiger partial charge in [-0.3, -0.25) is 9.78 Å². The van der Waals surface area contributed by atoms with Gasteiger partial charge < -0.3 is 9.32 Å². The standard InChI is InChI=1S/C18H17N3O2/c22-18(17-10-20-12-23-17)21-6-5-13(11-21)7-15-9-19-8-14-3-1-2-4-16(14)15/h1-4,8-10,12-13H,5-7,11H2. The minimum absolute atomic E-state index is 0.0685. The molecule has 1 aliphatic heterocycles. The summed E-state index contributed by atoms with van der Waals surface area (Å²) >= 11 is 0. The Morgan fingerprint density at radius 2 is 2.13 bits per heavy atom. The number of rotatable bonds is 3. The topological polar surface area (TPSA) is 59.2 Å². The average molecular weight is 307 g/mol.